The van der Waals surface area contributed by atoms with Crippen molar-refractivity contribution < 1.29 is 4.79 Å². The van der Waals surface area contributed by atoms with Gasteiger partial charge in [-0.15, -0.1) is 0 Å². The number of carbonyl (C=O) groups excluding carboxylic acids is 1. The molecule has 0 atom stereocenters. The summed E-state index contributed by atoms with van der Waals surface area (Å²) in [5, 5.41) is 2.93. The maximum atomic E-state index is 12.9. The van der Waals surface area contributed by atoms with Gasteiger partial charge in [0.1, 0.15) is 5.69 Å². The van der Waals surface area contributed by atoms with E-state index in [0.717, 1.165) is 5.57 Å². The molecule has 3 aromatic rings. The van der Waals surface area contributed by atoms with Crippen molar-refractivity contribution in [2.75, 3.05) is 11.4 Å². The Hall–Kier alpha value is -3.34. The molecule has 126 valence electrons. The number of nitrogens with zero attached hydrogens (tertiary/aromatic N) is 2. The Morgan fingerprint density at radius 2 is 1.68 bits per heavy atom. The van der Waals surface area contributed by atoms with Crippen molar-refractivity contribution >= 4 is 11.6 Å². The Labute approximate surface area is 145 Å². The number of anilines is 1. The van der Waals surface area contributed by atoms with Crippen LogP contribution >= 0.6 is 0 Å². The highest BCUT2D eigenvalue weighted by Crippen LogP contribution is 2.15. The fourth-order valence-corrected chi connectivity index (χ4v) is 2.60. The molecule has 0 aliphatic heterocycles. The van der Waals surface area contributed by atoms with E-state index in [9.17, 15) is 9.59 Å². The number of para-hydroxylation sites is 1. The Balaban J connectivity index is 2.03. The monoisotopic (exact) mass is 333 g/mol. The van der Waals surface area contributed by atoms with Gasteiger partial charge in [-0.2, -0.15) is 0 Å². The van der Waals surface area contributed by atoms with Gasteiger partial charge in [0.2, 0.25) is 0 Å². The molecule has 0 unspecified atom stereocenters. The second kappa shape index (κ2) is 7.05. The van der Waals surface area contributed by atoms with Gasteiger partial charge in [-0.1, -0.05) is 48.6 Å². The van der Waals surface area contributed by atoms with Crippen LogP contribution in [0.1, 0.15) is 17.3 Å². The quantitative estimate of drug-likeness (QED) is 0.728. The first kappa shape index (κ1) is 16.5. The van der Waals surface area contributed by atoms with Gasteiger partial charge < -0.3 is 0 Å². The van der Waals surface area contributed by atoms with Crippen molar-refractivity contribution in [1.29, 1.82) is 0 Å². The predicted molar refractivity (Wildman–Crippen MR) is 99.3 cm³/mol. The average molecular weight is 333 g/mol. The number of hydrogen-bond acceptors (Lipinski definition) is 2. The second-order valence-corrected chi connectivity index (χ2v) is 5.85. The van der Waals surface area contributed by atoms with Crippen molar-refractivity contribution in [3.8, 4) is 5.69 Å². The van der Waals surface area contributed by atoms with Crippen LogP contribution in [0.5, 0.6) is 0 Å². The average Bonchev–Trinajstić information content (AvgIpc) is 3.02. The van der Waals surface area contributed by atoms with E-state index in [2.05, 4.69) is 11.7 Å². The fourth-order valence-electron chi connectivity index (χ4n) is 2.60. The second-order valence-electron chi connectivity index (χ2n) is 5.85. The van der Waals surface area contributed by atoms with E-state index in [0.29, 0.717) is 16.9 Å². The standard InChI is InChI=1S/C20H19N3O2/c1-15(2)14-22(19(24)16-9-5-3-6-10-16)18-13-21-23(20(18)25)17-11-7-4-8-12-17/h3-13,21H,1,14H2,2H3. The molecule has 2 aromatic carbocycles. The zero-order valence-electron chi connectivity index (χ0n) is 14.0. The molecule has 0 bridgehead atoms. The third kappa shape index (κ3) is 3.45. The van der Waals surface area contributed by atoms with Gasteiger partial charge in [0.05, 0.1) is 5.69 Å². The molecule has 0 saturated carbocycles. The summed E-state index contributed by atoms with van der Waals surface area (Å²) in [7, 11) is 0. The maximum absolute atomic E-state index is 12.9. The molecule has 0 aliphatic carbocycles. The van der Waals surface area contributed by atoms with Crippen LogP contribution in [0.25, 0.3) is 5.69 Å². The lowest BCUT2D eigenvalue weighted by Gasteiger charge is -2.20. The van der Waals surface area contributed by atoms with Crippen LogP contribution in [-0.2, 0) is 0 Å². The van der Waals surface area contributed by atoms with Gasteiger partial charge in [0.25, 0.3) is 11.5 Å². The van der Waals surface area contributed by atoms with E-state index in [1.54, 1.807) is 30.5 Å². The van der Waals surface area contributed by atoms with Crippen LogP contribution in [-0.4, -0.2) is 22.2 Å². The first-order valence-corrected chi connectivity index (χ1v) is 7.95. The molecule has 25 heavy (non-hydrogen) atoms. The molecule has 0 fully saturated rings. The van der Waals surface area contributed by atoms with Crippen molar-refractivity contribution in [3.05, 3.63) is 94.9 Å². The third-order valence-electron chi connectivity index (χ3n) is 3.75. The van der Waals surface area contributed by atoms with Crippen LogP contribution < -0.4 is 10.5 Å². The van der Waals surface area contributed by atoms with Crippen LogP contribution in [0.3, 0.4) is 0 Å². The molecule has 0 aliphatic rings. The number of amides is 1. The number of hydrogen-bond donors (Lipinski definition) is 1. The number of aromatic nitrogens is 2. The summed E-state index contributed by atoms with van der Waals surface area (Å²) < 4.78 is 1.42. The minimum atomic E-state index is -0.281. The van der Waals surface area contributed by atoms with Gasteiger partial charge in [-0.05, 0) is 31.2 Å². The number of nitrogens with one attached hydrogen (secondary N) is 1. The SMILES string of the molecule is C=C(C)CN(C(=O)c1ccccc1)c1c[nH]n(-c2ccccc2)c1=O. The number of rotatable bonds is 5. The Kier molecular flexibility index (Phi) is 4.66. The molecule has 1 aromatic heterocycles. The summed E-state index contributed by atoms with van der Waals surface area (Å²) in [6, 6.07) is 18.1. The van der Waals surface area contributed by atoms with E-state index in [-0.39, 0.29) is 18.0 Å². The highest BCUT2D eigenvalue weighted by molar-refractivity contribution is 6.06. The van der Waals surface area contributed by atoms with E-state index >= 15 is 0 Å². The first-order chi connectivity index (χ1) is 12.1. The van der Waals surface area contributed by atoms with Crippen molar-refractivity contribution in [1.82, 2.24) is 9.78 Å². The summed E-state index contributed by atoms with van der Waals surface area (Å²) in [6.07, 6.45) is 1.55. The summed E-state index contributed by atoms with van der Waals surface area (Å²) in [5.41, 5.74) is 2.03. The van der Waals surface area contributed by atoms with E-state index in [4.69, 9.17) is 0 Å². The largest absolute Gasteiger partial charge is 0.298 e. The van der Waals surface area contributed by atoms with Crippen LogP contribution in [0, 0.1) is 0 Å². The number of benzene rings is 2. The van der Waals surface area contributed by atoms with Crippen molar-refractivity contribution in [2.45, 2.75) is 6.92 Å². The molecule has 5 heteroatoms. The fraction of sp³-hybridized carbons (Fsp3) is 0.100. The van der Waals surface area contributed by atoms with E-state index < -0.39 is 0 Å². The lowest BCUT2D eigenvalue weighted by molar-refractivity contribution is 0.0989. The van der Waals surface area contributed by atoms with E-state index in [1.165, 1.54) is 9.58 Å². The molecule has 3 rings (SSSR count). The lowest BCUT2D eigenvalue weighted by Crippen LogP contribution is -2.36. The smallest absolute Gasteiger partial charge is 0.295 e. The molecular formula is C20H19N3O2. The van der Waals surface area contributed by atoms with Gasteiger partial charge in [-0.3, -0.25) is 19.6 Å². The molecule has 0 saturated heterocycles. The normalized spacial score (nSPS) is 10.4. The summed E-state index contributed by atoms with van der Waals surface area (Å²) >= 11 is 0. The predicted octanol–water partition coefficient (Wildman–Crippen LogP) is 3.39. The van der Waals surface area contributed by atoms with Crippen LogP contribution in [0.2, 0.25) is 0 Å². The zero-order valence-corrected chi connectivity index (χ0v) is 14.0. The van der Waals surface area contributed by atoms with E-state index in [1.807, 2.05) is 43.3 Å². The maximum Gasteiger partial charge on any atom is 0.295 e. The molecule has 5 nitrogen and oxygen atoms in total. The number of H-pyrrole nitrogens is 1. The molecular weight excluding hydrogens is 314 g/mol. The topological polar surface area (TPSA) is 58.1 Å². The Bertz CT molecular complexity index is 940. The van der Waals surface area contributed by atoms with Crippen molar-refractivity contribution in [2.24, 2.45) is 0 Å². The first-order valence-electron chi connectivity index (χ1n) is 7.95. The molecule has 1 heterocycles. The summed E-state index contributed by atoms with van der Waals surface area (Å²) in [5.74, 6) is -0.236. The third-order valence-corrected chi connectivity index (χ3v) is 3.75. The summed E-state index contributed by atoms with van der Waals surface area (Å²) in [4.78, 5) is 27.2. The lowest BCUT2D eigenvalue weighted by atomic mass is 10.2. The van der Waals surface area contributed by atoms with Crippen LogP contribution in [0.4, 0.5) is 5.69 Å². The highest BCUT2D eigenvalue weighted by Gasteiger charge is 2.22. The zero-order chi connectivity index (χ0) is 17.8. The summed E-state index contributed by atoms with van der Waals surface area (Å²) in [6.45, 7) is 5.98. The number of carbonyl (C=O) groups is 1. The van der Waals surface area contributed by atoms with Crippen molar-refractivity contribution in [3.63, 3.8) is 0 Å². The van der Waals surface area contributed by atoms with Gasteiger partial charge in [0, 0.05) is 18.3 Å². The molecule has 0 spiro atoms. The minimum Gasteiger partial charge on any atom is -0.298 e. The Morgan fingerprint density at radius 1 is 1.08 bits per heavy atom. The molecule has 0 radical (unpaired) electrons. The minimum absolute atomic E-state index is 0.236. The van der Waals surface area contributed by atoms with Gasteiger partial charge in [-0.25, -0.2) is 4.68 Å². The molecule has 1 amide bonds. The Morgan fingerprint density at radius 3 is 2.28 bits per heavy atom. The van der Waals surface area contributed by atoms with Gasteiger partial charge >= 0.3 is 0 Å². The number of aromatic amines is 1. The molecule has 1 N–H and O–H groups in total. The van der Waals surface area contributed by atoms with Gasteiger partial charge in [0.15, 0.2) is 0 Å². The van der Waals surface area contributed by atoms with Crippen LogP contribution in [0.15, 0.2) is 83.8 Å². The highest BCUT2D eigenvalue weighted by atomic mass is 16.2.